The Balaban J connectivity index is 1.83. The Bertz CT molecular complexity index is 1260. The van der Waals surface area contributed by atoms with Crippen LogP contribution in [0.2, 0.25) is 0 Å². The van der Waals surface area contributed by atoms with Gasteiger partial charge in [0.25, 0.3) is 5.91 Å². The van der Waals surface area contributed by atoms with E-state index < -0.39 is 5.91 Å². The first kappa shape index (κ1) is 24.3. The van der Waals surface area contributed by atoms with Crippen LogP contribution in [0.1, 0.15) is 27.8 Å². The SMILES string of the molecule is COc1cc(/C=C(\C#N)C(=O)Nc2ccc(C)cc2C)cc(I)c1OCc1cccc(C)c1. The third-order valence-corrected chi connectivity index (χ3v) is 5.82. The molecule has 0 heterocycles. The van der Waals surface area contributed by atoms with Crippen LogP contribution in [0, 0.1) is 35.7 Å². The van der Waals surface area contributed by atoms with Gasteiger partial charge >= 0.3 is 0 Å². The van der Waals surface area contributed by atoms with Crippen LogP contribution in [-0.4, -0.2) is 13.0 Å². The Morgan fingerprint density at radius 3 is 2.52 bits per heavy atom. The molecule has 3 rings (SSSR count). The maximum absolute atomic E-state index is 12.7. The van der Waals surface area contributed by atoms with Gasteiger partial charge in [-0.1, -0.05) is 47.5 Å². The Hall–Kier alpha value is -3.31. The van der Waals surface area contributed by atoms with Gasteiger partial charge in [-0.2, -0.15) is 5.26 Å². The summed E-state index contributed by atoms with van der Waals surface area (Å²) in [6.07, 6.45) is 1.55. The van der Waals surface area contributed by atoms with E-state index in [1.807, 2.05) is 69.3 Å². The number of hydrogen-bond acceptors (Lipinski definition) is 4. The fourth-order valence-corrected chi connectivity index (χ4v) is 4.16. The average Bonchev–Trinajstić information content (AvgIpc) is 2.78. The number of nitriles is 1. The zero-order valence-electron chi connectivity index (χ0n) is 19.0. The second-order valence-corrected chi connectivity index (χ2v) is 8.92. The Labute approximate surface area is 208 Å². The molecule has 33 heavy (non-hydrogen) atoms. The number of aryl methyl sites for hydroxylation is 3. The molecule has 0 aliphatic rings. The van der Waals surface area contributed by atoms with Crippen molar-refractivity contribution in [1.29, 1.82) is 5.26 Å². The first-order chi connectivity index (χ1) is 15.8. The lowest BCUT2D eigenvalue weighted by atomic mass is 10.1. The molecule has 1 amide bonds. The molecule has 5 nitrogen and oxygen atoms in total. The van der Waals surface area contributed by atoms with Gasteiger partial charge in [0.05, 0.1) is 10.7 Å². The van der Waals surface area contributed by atoms with Crippen molar-refractivity contribution in [2.24, 2.45) is 0 Å². The van der Waals surface area contributed by atoms with Gasteiger partial charge in [0, 0.05) is 5.69 Å². The van der Waals surface area contributed by atoms with Crippen molar-refractivity contribution in [1.82, 2.24) is 0 Å². The minimum atomic E-state index is -0.460. The summed E-state index contributed by atoms with van der Waals surface area (Å²) in [6.45, 7) is 6.35. The number of anilines is 1. The number of methoxy groups -OCH3 is 1. The van der Waals surface area contributed by atoms with Crippen molar-refractivity contribution in [2.45, 2.75) is 27.4 Å². The minimum Gasteiger partial charge on any atom is -0.493 e. The van der Waals surface area contributed by atoms with Crippen LogP contribution in [0.3, 0.4) is 0 Å². The maximum Gasteiger partial charge on any atom is 0.266 e. The lowest BCUT2D eigenvalue weighted by molar-refractivity contribution is -0.112. The molecule has 0 spiro atoms. The highest BCUT2D eigenvalue weighted by Crippen LogP contribution is 2.35. The Morgan fingerprint density at radius 1 is 1.09 bits per heavy atom. The van der Waals surface area contributed by atoms with Crippen molar-refractivity contribution in [3.63, 3.8) is 0 Å². The third-order valence-electron chi connectivity index (χ3n) is 5.02. The molecule has 0 atom stereocenters. The van der Waals surface area contributed by atoms with E-state index >= 15 is 0 Å². The van der Waals surface area contributed by atoms with Gasteiger partial charge in [-0.3, -0.25) is 4.79 Å². The number of carbonyl (C=O) groups is 1. The molecule has 3 aromatic carbocycles. The molecule has 0 aliphatic carbocycles. The number of benzene rings is 3. The number of nitrogens with one attached hydrogen (secondary N) is 1. The van der Waals surface area contributed by atoms with E-state index in [-0.39, 0.29) is 5.57 Å². The molecule has 0 saturated carbocycles. The second kappa shape index (κ2) is 11.0. The van der Waals surface area contributed by atoms with Gasteiger partial charge < -0.3 is 14.8 Å². The molecule has 3 aromatic rings. The number of halogens is 1. The van der Waals surface area contributed by atoms with E-state index in [4.69, 9.17) is 9.47 Å². The Kier molecular flexibility index (Phi) is 8.12. The summed E-state index contributed by atoms with van der Waals surface area (Å²) < 4.78 is 12.4. The monoisotopic (exact) mass is 552 g/mol. The molecule has 0 aliphatic heterocycles. The third kappa shape index (κ3) is 6.36. The lowest BCUT2D eigenvalue weighted by Crippen LogP contribution is -2.14. The molecule has 0 bridgehead atoms. The summed E-state index contributed by atoms with van der Waals surface area (Å²) in [5, 5.41) is 12.4. The molecule has 0 aromatic heterocycles. The van der Waals surface area contributed by atoms with Crippen LogP contribution >= 0.6 is 22.6 Å². The summed E-state index contributed by atoms with van der Waals surface area (Å²) in [6, 6.07) is 19.5. The molecule has 1 N–H and O–H groups in total. The van der Waals surface area contributed by atoms with Crippen molar-refractivity contribution < 1.29 is 14.3 Å². The predicted octanol–water partition coefficient (Wildman–Crippen LogP) is 6.35. The smallest absolute Gasteiger partial charge is 0.266 e. The van der Waals surface area contributed by atoms with Crippen LogP contribution in [0.4, 0.5) is 5.69 Å². The summed E-state index contributed by atoms with van der Waals surface area (Å²) in [5.41, 5.74) is 5.62. The Morgan fingerprint density at radius 2 is 1.85 bits per heavy atom. The minimum absolute atomic E-state index is 0.00116. The van der Waals surface area contributed by atoms with Crippen molar-refractivity contribution in [2.75, 3.05) is 12.4 Å². The molecular weight excluding hydrogens is 527 g/mol. The van der Waals surface area contributed by atoms with Crippen LogP contribution < -0.4 is 14.8 Å². The van der Waals surface area contributed by atoms with Crippen LogP contribution in [0.25, 0.3) is 6.08 Å². The van der Waals surface area contributed by atoms with Gasteiger partial charge in [-0.15, -0.1) is 0 Å². The largest absolute Gasteiger partial charge is 0.493 e. The van der Waals surface area contributed by atoms with E-state index in [0.29, 0.717) is 29.4 Å². The molecule has 0 radical (unpaired) electrons. The summed E-state index contributed by atoms with van der Waals surface area (Å²) in [7, 11) is 1.57. The molecule has 168 valence electrons. The molecule has 0 unspecified atom stereocenters. The number of ether oxygens (including phenoxy) is 2. The zero-order chi connectivity index (χ0) is 24.0. The van der Waals surface area contributed by atoms with Gasteiger partial charge in [0.1, 0.15) is 18.2 Å². The number of carbonyl (C=O) groups excluding carboxylic acids is 1. The number of rotatable bonds is 7. The fraction of sp³-hybridized carbons (Fsp3) is 0.185. The van der Waals surface area contributed by atoms with Gasteiger partial charge in [-0.05, 0) is 84.3 Å². The van der Waals surface area contributed by atoms with Gasteiger partial charge in [0.2, 0.25) is 0 Å². The standard InChI is InChI=1S/C27H25IN2O3/c1-17-6-5-7-20(11-17)16-33-26-23(28)13-21(14-25(26)32-4)12-22(15-29)27(31)30-24-9-8-18(2)10-19(24)3/h5-14H,16H2,1-4H3,(H,30,31)/b22-12+. The summed E-state index contributed by atoms with van der Waals surface area (Å²) in [5.74, 6) is 0.695. The van der Waals surface area contributed by atoms with E-state index in [2.05, 4.69) is 34.0 Å². The van der Waals surface area contributed by atoms with E-state index in [0.717, 1.165) is 20.3 Å². The lowest BCUT2D eigenvalue weighted by Gasteiger charge is -2.14. The van der Waals surface area contributed by atoms with Crippen LogP contribution in [0.5, 0.6) is 11.5 Å². The van der Waals surface area contributed by atoms with Crippen molar-refractivity contribution >= 4 is 40.3 Å². The van der Waals surface area contributed by atoms with E-state index in [1.54, 1.807) is 19.3 Å². The van der Waals surface area contributed by atoms with Crippen LogP contribution in [-0.2, 0) is 11.4 Å². The highest BCUT2D eigenvalue weighted by molar-refractivity contribution is 14.1. The van der Waals surface area contributed by atoms with Crippen molar-refractivity contribution in [3.8, 4) is 17.6 Å². The summed E-state index contributed by atoms with van der Waals surface area (Å²) >= 11 is 2.17. The number of hydrogen-bond donors (Lipinski definition) is 1. The molecular formula is C27H25IN2O3. The summed E-state index contributed by atoms with van der Waals surface area (Å²) in [4.78, 5) is 12.7. The van der Waals surface area contributed by atoms with Gasteiger partial charge in [0.15, 0.2) is 11.5 Å². The number of amides is 1. The topological polar surface area (TPSA) is 71.3 Å². The number of nitrogens with zero attached hydrogens (tertiary/aromatic N) is 1. The highest BCUT2D eigenvalue weighted by atomic mass is 127. The quantitative estimate of drug-likeness (QED) is 0.211. The van der Waals surface area contributed by atoms with Crippen molar-refractivity contribution in [3.05, 3.63) is 91.6 Å². The van der Waals surface area contributed by atoms with Gasteiger partial charge in [-0.25, -0.2) is 0 Å². The molecule has 6 heteroatoms. The fourth-order valence-electron chi connectivity index (χ4n) is 3.38. The first-order valence-electron chi connectivity index (χ1n) is 10.4. The maximum atomic E-state index is 12.7. The molecule has 0 saturated heterocycles. The van der Waals surface area contributed by atoms with Crippen LogP contribution in [0.15, 0.2) is 60.2 Å². The normalized spacial score (nSPS) is 11.0. The van der Waals surface area contributed by atoms with E-state index in [1.165, 1.54) is 5.56 Å². The predicted molar refractivity (Wildman–Crippen MR) is 139 cm³/mol. The first-order valence-corrected chi connectivity index (χ1v) is 11.4. The average molecular weight is 552 g/mol. The molecule has 0 fully saturated rings. The second-order valence-electron chi connectivity index (χ2n) is 7.75. The highest BCUT2D eigenvalue weighted by Gasteiger charge is 2.15. The zero-order valence-corrected chi connectivity index (χ0v) is 21.2. The van der Waals surface area contributed by atoms with E-state index in [9.17, 15) is 10.1 Å².